The van der Waals surface area contributed by atoms with Gasteiger partial charge in [0.1, 0.15) is 5.82 Å². The van der Waals surface area contributed by atoms with Crippen molar-refractivity contribution in [2.75, 3.05) is 38.3 Å². The zero-order valence-electron chi connectivity index (χ0n) is 20.1. The number of ether oxygens (including phenoxy) is 2. The van der Waals surface area contributed by atoms with Gasteiger partial charge in [-0.3, -0.25) is 9.67 Å². The minimum atomic E-state index is -0.335. The third-order valence-corrected chi connectivity index (χ3v) is 6.58. The molecule has 2 aromatic rings. The van der Waals surface area contributed by atoms with E-state index in [1.807, 2.05) is 13.8 Å². The molecule has 0 radical (unpaired) electrons. The number of methoxy groups -OCH3 is 1. The number of fused-ring (bicyclic) bond motifs is 2. The van der Waals surface area contributed by atoms with Crippen LogP contribution in [-0.2, 0) is 28.9 Å². The SMILES string of the molecule is CC.COC(=O)N1CCc2c(c(N3CCCc4nc(C)c(F)cc43)nn2C2CCOCC2)C1. The van der Waals surface area contributed by atoms with Crippen LogP contribution in [0.4, 0.5) is 20.7 Å². The van der Waals surface area contributed by atoms with Gasteiger partial charge >= 0.3 is 6.09 Å². The maximum absolute atomic E-state index is 14.4. The molecule has 33 heavy (non-hydrogen) atoms. The van der Waals surface area contributed by atoms with E-state index in [2.05, 4.69) is 14.6 Å². The average Bonchev–Trinajstić information content (AvgIpc) is 3.24. The summed E-state index contributed by atoms with van der Waals surface area (Å²) in [6.45, 7) is 8.93. The predicted molar refractivity (Wildman–Crippen MR) is 123 cm³/mol. The number of amides is 1. The Labute approximate surface area is 194 Å². The van der Waals surface area contributed by atoms with Gasteiger partial charge < -0.3 is 19.3 Å². The molecule has 0 aromatic carbocycles. The molecule has 0 atom stereocenters. The zero-order valence-corrected chi connectivity index (χ0v) is 20.1. The minimum absolute atomic E-state index is 0.276. The topological polar surface area (TPSA) is 72.7 Å². The van der Waals surface area contributed by atoms with Crippen LogP contribution >= 0.6 is 0 Å². The summed E-state index contributed by atoms with van der Waals surface area (Å²) in [4.78, 5) is 20.5. The molecule has 1 amide bonds. The monoisotopic (exact) mass is 459 g/mol. The Bertz CT molecular complexity index is 1000. The number of hydrogen-bond acceptors (Lipinski definition) is 6. The van der Waals surface area contributed by atoms with E-state index in [0.29, 0.717) is 18.8 Å². The molecule has 1 saturated heterocycles. The van der Waals surface area contributed by atoms with Gasteiger partial charge in [-0.05, 0) is 32.6 Å². The highest BCUT2D eigenvalue weighted by Gasteiger charge is 2.34. The van der Waals surface area contributed by atoms with Crippen molar-refractivity contribution in [1.29, 1.82) is 0 Å². The van der Waals surface area contributed by atoms with Gasteiger partial charge in [-0.2, -0.15) is 5.10 Å². The maximum Gasteiger partial charge on any atom is 0.409 e. The summed E-state index contributed by atoms with van der Waals surface area (Å²) in [5, 5.41) is 5.07. The van der Waals surface area contributed by atoms with E-state index in [1.165, 1.54) is 7.11 Å². The second kappa shape index (κ2) is 10.1. The van der Waals surface area contributed by atoms with Crippen LogP contribution in [0.5, 0.6) is 0 Å². The van der Waals surface area contributed by atoms with Crippen LogP contribution in [0.2, 0.25) is 0 Å². The number of hydrogen-bond donors (Lipinski definition) is 0. The summed E-state index contributed by atoms with van der Waals surface area (Å²) >= 11 is 0. The summed E-state index contributed by atoms with van der Waals surface area (Å²) < 4.78 is 27.1. The highest BCUT2D eigenvalue weighted by molar-refractivity contribution is 5.71. The highest BCUT2D eigenvalue weighted by Crippen LogP contribution is 2.39. The van der Waals surface area contributed by atoms with E-state index in [9.17, 15) is 9.18 Å². The van der Waals surface area contributed by atoms with Crippen LogP contribution in [0, 0.1) is 12.7 Å². The number of halogens is 1. The lowest BCUT2D eigenvalue weighted by molar-refractivity contribution is 0.0649. The molecule has 5 heterocycles. The lowest BCUT2D eigenvalue weighted by Gasteiger charge is -2.32. The van der Waals surface area contributed by atoms with Gasteiger partial charge in [-0.1, -0.05) is 13.8 Å². The predicted octanol–water partition coefficient (Wildman–Crippen LogP) is 4.31. The molecule has 180 valence electrons. The number of nitrogens with zero attached hydrogens (tertiary/aromatic N) is 5. The number of aryl methyl sites for hydroxylation is 2. The van der Waals surface area contributed by atoms with Gasteiger partial charge in [0.2, 0.25) is 0 Å². The lowest BCUT2D eigenvalue weighted by Crippen LogP contribution is -2.37. The maximum atomic E-state index is 14.4. The number of aromatic nitrogens is 3. The molecule has 0 bridgehead atoms. The van der Waals surface area contributed by atoms with Gasteiger partial charge in [0.25, 0.3) is 0 Å². The molecule has 0 N–H and O–H groups in total. The van der Waals surface area contributed by atoms with Gasteiger partial charge in [0.05, 0.1) is 36.8 Å². The van der Waals surface area contributed by atoms with E-state index in [1.54, 1.807) is 17.9 Å². The first kappa shape index (κ1) is 23.5. The minimum Gasteiger partial charge on any atom is -0.453 e. The van der Waals surface area contributed by atoms with Crippen molar-refractivity contribution < 1.29 is 18.7 Å². The van der Waals surface area contributed by atoms with E-state index >= 15 is 0 Å². The Balaban J connectivity index is 0.00000126. The van der Waals surface area contributed by atoms with Crippen molar-refractivity contribution in [2.45, 2.75) is 65.5 Å². The van der Waals surface area contributed by atoms with E-state index in [4.69, 9.17) is 14.6 Å². The van der Waals surface area contributed by atoms with Crippen molar-refractivity contribution in [2.24, 2.45) is 0 Å². The molecule has 3 aliphatic heterocycles. The lowest BCUT2D eigenvalue weighted by atomic mass is 10.0. The second-order valence-electron chi connectivity index (χ2n) is 8.46. The van der Waals surface area contributed by atoms with Gasteiger partial charge in [0, 0.05) is 50.0 Å². The van der Waals surface area contributed by atoms with Crippen LogP contribution in [-0.4, -0.2) is 59.2 Å². The van der Waals surface area contributed by atoms with Crippen molar-refractivity contribution in [3.63, 3.8) is 0 Å². The second-order valence-corrected chi connectivity index (χ2v) is 8.46. The summed E-state index contributed by atoms with van der Waals surface area (Å²) in [6, 6.07) is 1.86. The van der Waals surface area contributed by atoms with E-state index in [0.717, 1.165) is 80.3 Å². The number of rotatable bonds is 2. The first-order valence-electron chi connectivity index (χ1n) is 12.0. The summed E-state index contributed by atoms with van der Waals surface area (Å²) in [5.41, 5.74) is 4.29. The molecule has 2 aromatic heterocycles. The summed E-state index contributed by atoms with van der Waals surface area (Å²) in [5.74, 6) is 0.501. The van der Waals surface area contributed by atoms with Crippen LogP contribution in [0.1, 0.15) is 61.8 Å². The smallest absolute Gasteiger partial charge is 0.409 e. The highest BCUT2D eigenvalue weighted by atomic mass is 19.1. The molecule has 1 fully saturated rings. The molecule has 0 saturated carbocycles. The molecule has 5 rings (SSSR count). The fraction of sp³-hybridized carbons (Fsp3) is 0.625. The molecule has 0 unspecified atom stereocenters. The fourth-order valence-electron chi connectivity index (χ4n) is 4.95. The molecule has 8 nitrogen and oxygen atoms in total. The molecule has 9 heteroatoms. The molecular weight excluding hydrogens is 425 g/mol. The quantitative estimate of drug-likeness (QED) is 0.666. The first-order chi connectivity index (χ1) is 16.1. The van der Waals surface area contributed by atoms with Crippen LogP contribution in [0.25, 0.3) is 0 Å². The van der Waals surface area contributed by atoms with Crippen molar-refractivity contribution >= 4 is 17.6 Å². The zero-order chi connectivity index (χ0) is 23.5. The van der Waals surface area contributed by atoms with Crippen molar-refractivity contribution in [3.05, 3.63) is 34.5 Å². The number of pyridine rings is 1. The third-order valence-electron chi connectivity index (χ3n) is 6.58. The summed E-state index contributed by atoms with van der Waals surface area (Å²) in [7, 11) is 1.40. The van der Waals surface area contributed by atoms with Gasteiger partial charge in [-0.25, -0.2) is 9.18 Å². The van der Waals surface area contributed by atoms with Gasteiger partial charge in [0.15, 0.2) is 5.82 Å². The molecule has 0 aliphatic carbocycles. The summed E-state index contributed by atoms with van der Waals surface area (Å²) in [6.07, 6.45) is 3.96. The Hall–Kier alpha value is -2.68. The van der Waals surface area contributed by atoms with Crippen LogP contribution < -0.4 is 4.90 Å². The van der Waals surface area contributed by atoms with Crippen LogP contribution in [0.3, 0.4) is 0 Å². The fourth-order valence-corrected chi connectivity index (χ4v) is 4.95. The molecule has 0 spiro atoms. The Morgan fingerprint density at radius 3 is 2.70 bits per heavy atom. The Kier molecular flexibility index (Phi) is 7.17. The molecule has 3 aliphatic rings. The largest absolute Gasteiger partial charge is 0.453 e. The van der Waals surface area contributed by atoms with E-state index < -0.39 is 0 Å². The Morgan fingerprint density at radius 2 is 1.97 bits per heavy atom. The average molecular weight is 460 g/mol. The first-order valence-corrected chi connectivity index (χ1v) is 12.0. The third kappa shape index (κ3) is 4.43. The number of carbonyl (C=O) groups is 1. The van der Waals surface area contributed by atoms with Crippen molar-refractivity contribution in [3.8, 4) is 0 Å². The standard InChI is InChI=1S/C22H28FN5O3.C2H6/c1-14-17(23)12-20-18(24-14)4-3-8-27(20)21-16-13-26(22(29)30-2)9-5-19(16)28(25-21)15-6-10-31-11-7-15;1-2/h12,15H,3-11,13H2,1-2H3;1-2H3. The Morgan fingerprint density at radius 1 is 1.21 bits per heavy atom. The van der Waals surface area contributed by atoms with Gasteiger partial charge in [-0.15, -0.1) is 0 Å². The number of carbonyl (C=O) groups excluding carboxylic acids is 1. The van der Waals surface area contributed by atoms with Crippen LogP contribution in [0.15, 0.2) is 6.07 Å². The molecular formula is C24H34FN5O3. The number of anilines is 2. The normalized spacial score (nSPS) is 18.2. The van der Waals surface area contributed by atoms with Crippen molar-refractivity contribution in [1.82, 2.24) is 19.7 Å². The van der Waals surface area contributed by atoms with E-state index in [-0.39, 0.29) is 18.0 Å².